The van der Waals surface area contributed by atoms with Crippen LogP contribution in [0.25, 0.3) is 6.08 Å². The smallest absolute Gasteiger partial charge is 0.267 e. The van der Waals surface area contributed by atoms with Gasteiger partial charge in [0, 0.05) is 10.6 Å². The van der Waals surface area contributed by atoms with E-state index in [1.54, 1.807) is 12.0 Å². The first kappa shape index (κ1) is 28.3. The number of rotatable bonds is 10. The molecule has 0 radical (unpaired) electrons. The van der Waals surface area contributed by atoms with Crippen molar-refractivity contribution in [3.8, 4) is 17.2 Å². The van der Waals surface area contributed by atoms with Gasteiger partial charge in [0.05, 0.1) is 30.9 Å². The van der Waals surface area contributed by atoms with Gasteiger partial charge in [0.15, 0.2) is 16.7 Å². The number of benzene rings is 4. The zero-order chi connectivity index (χ0) is 28.6. The predicted molar refractivity (Wildman–Crippen MR) is 166 cm³/mol. The molecule has 8 heteroatoms. The predicted octanol–water partition coefficient (Wildman–Crippen LogP) is 8.13. The molecule has 1 saturated heterocycles. The van der Waals surface area contributed by atoms with Crippen LogP contribution in [-0.2, 0) is 17.9 Å². The molecule has 1 aliphatic heterocycles. The van der Waals surface area contributed by atoms with Gasteiger partial charge in [0.2, 0.25) is 0 Å². The summed E-state index contributed by atoms with van der Waals surface area (Å²) < 4.78 is 17.2. The molecule has 1 amide bonds. The lowest BCUT2D eigenvalue weighted by Crippen LogP contribution is -2.28. The number of amides is 1. The molecular weight excluding hydrogens is 556 g/mol. The first-order chi connectivity index (χ1) is 20.0. The van der Waals surface area contributed by atoms with Crippen LogP contribution in [0.4, 0.5) is 5.69 Å². The third-order valence-corrected chi connectivity index (χ3v) is 7.65. The molecule has 208 valence electrons. The van der Waals surface area contributed by atoms with E-state index in [2.05, 4.69) is 0 Å². The van der Waals surface area contributed by atoms with Gasteiger partial charge in [0.1, 0.15) is 12.4 Å². The molecule has 0 bridgehead atoms. The topological polar surface area (TPSA) is 60.4 Å². The molecule has 0 saturated carbocycles. The van der Waals surface area contributed by atoms with Crippen molar-refractivity contribution in [3.05, 3.63) is 124 Å². The zero-order valence-corrected chi connectivity index (χ0v) is 24.3. The summed E-state index contributed by atoms with van der Waals surface area (Å²) in [5.41, 5.74) is 3.46. The van der Waals surface area contributed by atoms with Gasteiger partial charge in [-0.2, -0.15) is 0 Å². The summed E-state index contributed by atoms with van der Waals surface area (Å²) in [5, 5.41) is 1.27. The van der Waals surface area contributed by atoms with E-state index in [1.165, 1.54) is 11.8 Å². The molecule has 6 nitrogen and oxygen atoms in total. The highest BCUT2D eigenvalue weighted by atomic mass is 35.5. The third kappa shape index (κ3) is 7.12. The van der Waals surface area contributed by atoms with Crippen LogP contribution in [0.3, 0.4) is 0 Å². The number of hydrogen-bond acceptors (Lipinski definition) is 6. The van der Waals surface area contributed by atoms with Crippen LogP contribution in [-0.4, -0.2) is 29.7 Å². The summed E-state index contributed by atoms with van der Waals surface area (Å²) in [5.74, 6) is 1.85. The summed E-state index contributed by atoms with van der Waals surface area (Å²) in [6.45, 7) is 3.09. The molecule has 5 rings (SSSR count). The summed E-state index contributed by atoms with van der Waals surface area (Å²) in [6, 6.07) is 30.5. The Morgan fingerprint density at radius 2 is 1.66 bits per heavy atom. The maximum atomic E-state index is 13.7. The van der Waals surface area contributed by atoms with Crippen LogP contribution in [0.2, 0.25) is 5.02 Å². The Kier molecular flexibility index (Phi) is 9.29. The Labute approximate surface area is 249 Å². The number of para-hydroxylation sites is 1. The number of hydrogen-bond donors (Lipinski definition) is 0. The second-order valence-corrected chi connectivity index (χ2v) is 10.5. The van der Waals surface area contributed by atoms with Crippen LogP contribution >= 0.6 is 23.4 Å². The molecule has 1 aliphatic rings. The number of carbonyl (C=O) groups excluding carboxylic acids is 1. The molecular formula is C33H29ClN2O4S. The van der Waals surface area contributed by atoms with Crippen molar-refractivity contribution >= 4 is 46.2 Å². The second-order valence-electron chi connectivity index (χ2n) is 9.10. The fourth-order valence-corrected chi connectivity index (χ4v) is 5.37. The maximum Gasteiger partial charge on any atom is 0.267 e. The van der Waals surface area contributed by atoms with Gasteiger partial charge in [-0.25, -0.2) is 4.99 Å². The largest absolute Gasteiger partial charge is 0.497 e. The standard InChI is InChI=1S/C33H29ClN2O4S/c1-3-39-30-19-24(15-18-29(30)40-22-25-9-7-8-12-28(25)34)20-31-32(37)36(21-23-13-16-27(38-2)17-14-23)33(41-31)35-26-10-5-4-6-11-26/h4-20H,3,21-22H2,1-2H3/b31-20-,35-33?. The van der Waals surface area contributed by atoms with Crippen LogP contribution < -0.4 is 14.2 Å². The van der Waals surface area contributed by atoms with Crippen molar-refractivity contribution in [1.29, 1.82) is 0 Å². The van der Waals surface area contributed by atoms with Crippen molar-refractivity contribution in [1.82, 2.24) is 4.90 Å². The molecule has 0 atom stereocenters. The monoisotopic (exact) mass is 584 g/mol. The maximum absolute atomic E-state index is 13.7. The molecule has 1 heterocycles. The Balaban J connectivity index is 1.41. The third-order valence-electron chi connectivity index (χ3n) is 6.28. The van der Waals surface area contributed by atoms with Gasteiger partial charge in [-0.1, -0.05) is 66.2 Å². The van der Waals surface area contributed by atoms with Gasteiger partial charge in [-0.05, 0) is 78.4 Å². The average Bonchev–Trinajstić information content (AvgIpc) is 3.27. The highest BCUT2D eigenvalue weighted by Gasteiger charge is 2.33. The lowest BCUT2D eigenvalue weighted by molar-refractivity contribution is -0.122. The lowest BCUT2D eigenvalue weighted by Gasteiger charge is -2.16. The van der Waals surface area contributed by atoms with E-state index in [0.717, 1.165) is 28.1 Å². The Hall–Kier alpha value is -4.20. The van der Waals surface area contributed by atoms with Gasteiger partial charge < -0.3 is 14.2 Å². The molecule has 1 fully saturated rings. The van der Waals surface area contributed by atoms with E-state index >= 15 is 0 Å². The number of thioether (sulfide) groups is 1. The van der Waals surface area contributed by atoms with E-state index in [1.807, 2.05) is 110 Å². The number of methoxy groups -OCH3 is 1. The quantitative estimate of drug-likeness (QED) is 0.176. The lowest BCUT2D eigenvalue weighted by atomic mass is 10.1. The Morgan fingerprint density at radius 1 is 0.902 bits per heavy atom. The summed E-state index contributed by atoms with van der Waals surface area (Å²) in [7, 11) is 1.63. The van der Waals surface area contributed by atoms with Gasteiger partial charge in [-0.3, -0.25) is 9.69 Å². The van der Waals surface area contributed by atoms with E-state index in [0.29, 0.717) is 46.4 Å². The fourth-order valence-electron chi connectivity index (χ4n) is 4.18. The number of amidine groups is 1. The Bertz CT molecular complexity index is 1570. The number of ether oxygens (including phenoxy) is 3. The van der Waals surface area contributed by atoms with E-state index in [4.69, 9.17) is 30.8 Å². The molecule has 0 unspecified atom stereocenters. The van der Waals surface area contributed by atoms with E-state index in [9.17, 15) is 4.79 Å². The number of halogens is 1. The molecule has 0 N–H and O–H groups in total. The number of aliphatic imine (C=N–C) groups is 1. The van der Waals surface area contributed by atoms with Crippen LogP contribution in [0.15, 0.2) is 107 Å². The van der Waals surface area contributed by atoms with Gasteiger partial charge >= 0.3 is 0 Å². The molecule has 4 aromatic rings. The summed E-state index contributed by atoms with van der Waals surface area (Å²) in [4.78, 5) is 20.7. The molecule has 41 heavy (non-hydrogen) atoms. The number of carbonyl (C=O) groups is 1. The first-order valence-electron chi connectivity index (χ1n) is 13.1. The minimum atomic E-state index is -0.113. The van der Waals surface area contributed by atoms with Crippen molar-refractivity contribution in [2.45, 2.75) is 20.1 Å². The van der Waals surface area contributed by atoms with Crippen molar-refractivity contribution < 1.29 is 19.0 Å². The summed E-state index contributed by atoms with van der Waals surface area (Å²) >= 11 is 7.64. The van der Waals surface area contributed by atoms with Crippen molar-refractivity contribution in [2.75, 3.05) is 13.7 Å². The van der Waals surface area contributed by atoms with Gasteiger partial charge in [0.25, 0.3) is 5.91 Å². The van der Waals surface area contributed by atoms with Crippen molar-refractivity contribution in [3.63, 3.8) is 0 Å². The minimum Gasteiger partial charge on any atom is -0.497 e. The zero-order valence-electron chi connectivity index (χ0n) is 22.7. The minimum absolute atomic E-state index is 0.113. The highest BCUT2D eigenvalue weighted by Crippen LogP contribution is 2.37. The van der Waals surface area contributed by atoms with Crippen LogP contribution in [0, 0.1) is 0 Å². The second kappa shape index (κ2) is 13.4. The molecule has 0 aromatic heterocycles. The van der Waals surface area contributed by atoms with Crippen LogP contribution in [0.1, 0.15) is 23.6 Å². The fraction of sp³-hybridized carbons (Fsp3) is 0.152. The van der Waals surface area contributed by atoms with Crippen molar-refractivity contribution in [2.24, 2.45) is 4.99 Å². The molecule has 0 aliphatic carbocycles. The van der Waals surface area contributed by atoms with E-state index in [-0.39, 0.29) is 5.91 Å². The SMILES string of the molecule is CCOc1cc(/C=C2\SC(=Nc3ccccc3)N(Cc3ccc(OC)cc3)C2=O)ccc1OCc1ccccc1Cl. The summed E-state index contributed by atoms with van der Waals surface area (Å²) in [6.07, 6.45) is 1.86. The first-order valence-corrected chi connectivity index (χ1v) is 14.3. The van der Waals surface area contributed by atoms with Crippen LogP contribution in [0.5, 0.6) is 17.2 Å². The van der Waals surface area contributed by atoms with Gasteiger partial charge in [-0.15, -0.1) is 0 Å². The molecule has 4 aromatic carbocycles. The number of nitrogens with zero attached hydrogens (tertiary/aromatic N) is 2. The Morgan fingerprint density at radius 3 is 2.39 bits per heavy atom. The highest BCUT2D eigenvalue weighted by molar-refractivity contribution is 8.18. The average molecular weight is 585 g/mol. The molecule has 0 spiro atoms. The van der Waals surface area contributed by atoms with E-state index < -0.39 is 0 Å². The normalized spacial score (nSPS) is 15.0.